The quantitative estimate of drug-likeness (QED) is 0.815. The van der Waals surface area contributed by atoms with Gasteiger partial charge in [0, 0.05) is 0 Å². The maximum atomic E-state index is 11.0. The van der Waals surface area contributed by atoms with Crippen molar-refractivity contribution in [3.8, 4) is 11.5 Å². The van der Waals surface area contributed by atoms with E-state index in [2.05, 4.69) is 4.98 Å². The van der Waals surface area contributed by atoms with Crippen molar-refractivity contribution < 1.29 is 19.4 Å². The van der Waals surface area contributed by atoms with Crippen molar-refractivity contribution in [2.45, 2.75) is 13.2 Å². The third-order valence-corrected chi connectivity index (χ3v) is 2.75. The normalized spacial score (nSPS) is 10.1. The first-order valence-corrected chi connectivity index (χ1v) is 6.08. The van der Waals surface area contributed by atoms with Crippen LogP contribution in [0.1, 0.15) is 21.7 Å². The Balaban J connectivity index is 2.11. The minimum Gasteiger partial charge on any atom is -0.497 e. The van der Waals surface area contributed by atoms with E-state index < -0.39 is 0 Å². The van der Waals surface area contributed by atoms with E-state index in [4.69, 9.17) is 14.6 Å². The van der Waals surface area contributed by atoms with Gasteiger partial charge in [-0.3, -0.25) is 9.78 Å². The van der Waals surface area contributed by atoms with E-state index in [0.717, 1.165) is 6.29 Å². The van der Waals surface area contributed by atoms with Crippen LogP contribution in [0.5, 0.6) is 11.5 Å². The zero-order valence-corrected chi connectivity index (χ0v) is 11.1. The van der Waals surface area contributed by atoms with E-state index in [0.29, 0.717) is 28.5 Å². The van der Waals surface area contributed by atoms with Crippen LogP contribution < -0.4 is 9.47 Å². The van der Waals surface area contributed by atoms with Crippen LogP contribution in [-0.2, 0) is 13.2 Å². The number of aliphatic hydroxyl groups excluding tert-OH is 1. The Bertz CT molecular complexity index is 598. The molecule has 0 radical (unpaired) electrons. The number of aliphatic hydroxyl groups is 1. The van der Waals surface area contributed by atoms with Crippen molar-refractivity contribution >= 4 is 6.29 Å². The largest absolute Gasteiger partial charge is 0.497 e. The zero-order valence-electron chi connectivity index (χ0n) is 11.1. The Morgan fingerprint density at radius 1 is 1.25 bits per heavy atom. The third-order valence-electron chi connectivity index (χ3n) is 2.75. The summed E-state index contributed by atoms with van der Waals surface area (Å²) in [6.45, 7) is 0.108. The molecule has 0 aliphatic heterocycles. The highest BCUT2D eigenvalue weighted by molar-refractivity contribution is 5.80. The van der Waals surface area contributed by atoms with Crippen molar-refractivity contribution in [1.82, 2.24) is 4.98 Å². The highest BCUT2D eigenvalue weighted by Crippen LogP contribution is 2.23. The molecular weight excluding hydrogens is 258 g/mol. The van der Waals surface area contributed by atoms with Crippen molar-refractivity contribution in [2.75, 3.05) is 7.11 Å². The number of ether oxygens (including phenoxy) is 2. The van der Waals surface area contributed by atoms with E-state index in [1.165, 1.54) is 7.11 Å². The number of hydrogen-bond acceptors (Lipinski definition) is 5. The lowest BCUT2D eigenvalue weighted by Crippen LogP contribution is -2.02. The van der Waals surface area contributed by atoms with Gasteiger partial charge in [0.1, 0.15) is 18.1 Å². The first kappa shape index (κ1) is 14.0. The molecule has 1 aromatic heterocycles. The van der Waals surface area contributed by atoms with E-state index in [-0.39, 0.29) is 13.2 Å². The van der Waals surface area contributed by atoms with Gasteiger partial charge < -0.3 is 14.6 Å². The van der Waals surface area contributed by atoms with E-state index in [1.807, 2.05) is 0 Å². The molecule has 5 nitrogen and oxygen atoms in total. The fraction of sp³-hybridized carbons (Fsp3) is 0.200. The lowest BCUT2D eigenvalue weighted by atomic mass is 10.2. The average Bonchev–Trinajstić information content (AvgIpc) is 2.52. The number of aldehydes is 1. The van der Waals surface area contributed by atoms with Gasteiger partial charge in [0.2, 0.25) is 0 Å². The molecule has 2 rings (SSSR count). The molecule has 1 heterocycles. The average molecular weight is 273 g/mol. The van der Waals surface area contributed by atoms with E-state index in [1.54, 1.807) is 36.4 Å². The van der Waals surface area contributed by atoms with Crippen molar-refractivity contribution in [3.05, 3.63) is 53.3 Å². The van der Waals surface area contributed by atoms with Gasteiger partial charge in [0.05, 0.1) is 30.7 Å². The number of nitrogens with zero attached hydrogens (tertiary/aromatic N) is 1. The molecule has 1 aromatic carbocycles. The van der Waals surface area contributed by atoms with Gasteiger partial charge in [-0.15, -0.1) is 0 Å². The predicted octanol–water partition coefficient (Wildman–Crippen LogP) is 1.97. The van der Waals surface area contributed by atoms with Crippen LogP contribution in [0, 0.1) is 0 Å². The fourth-order valence-electron chi connectivity index (χ4n) is 1.73. The van der Waals surface area contributed by atoms with Crippen molar-refractivity contribution in [1.29, 1.82) is 0 Å². The first-order chi connectivity index (χ1) is 9.76. The number of carbonyl (C=O) groups excluding carboxylic acids is 1. The molecule has 0 fully saturated rings. The summed E-state index contributed by atoms with van der Waals surface area (Å²) < 4.78 is 10.6. The molecule has 0 bridgehead atoms. The second kappa shape index (κ2) is 6.68. The summed E-state index contributed by atoms with van der Waals surface area (Å²) in [6, 6.07) is 10.3. The van der Waals surface area contributed by atoms with Crippen LogP contribution in [0.4, 0.5) is 0 Å². The van der Waals surface area contributed by atoms with Crippen LogP contribution in [0.15, 0.2) is 36.4 Å². The molecule has 0 atom stereocenters. The molecule has 104 valence electrons. The number of benzene rings is 1. The monoisotopic (exact) mass is 273 g/mol. The SMILES string of the molecule is COc1ccc(OCc2cccc(CO)n2)c(C=O)c1. The molecule has 0 amide bonds. The Morgan fingerprint density at radius 2 is 2.05 bits per heavy atom. The molecular formula is C15H15NO4. The van der Waals surface area contributed by atoms with E-state index >= 15 is 0 Å². The lowest BCUT2D eigenvalue weighted by molar-refractivity contribution is 0.111. The molecule has 5 heteroatoms. The van der Waals surface area contributed by atoms with Gasteiger partial charge in [-0.25, -0.2) is 0 Å². The summed E-state index contributed by atoms with van der Waals surface area (Å²) in [5.41, 5.74) is 1.68. The van der Waals surface area contributed by atoms with Crippen LogP contribution in [-0.4, -0.2) is 23.5 Å². The Kier molecular flexibility index (Phi) is 4.68. The topological polar surface area (TPSA) is 68.7 Å². The Morgan fingerprint density at radius 3 is 2.75 bits per heavy atom. The van der Waals surface area contributed by atoms with Crippen molar-refractivity contribution in [3.63, 3.8) is 0 Å². The molecule has 0 spiro atoms. The van der Waals surface area contributed by atoms with E-state index in [9.17, 15) is 4.79 Å². The molecule has 0 saturated carbocycles. The molecule has 0 unspecified atom stereocenters. The van der Waals surface area contributed by atoms with Gasteiger partial charge >= 0.3 is 0 Å². The fourth-order valence-corrected chi connectivity index (χ4v) is 1.73. The zero-order chi connectivity index (χ0) is 14.4. The summed E-state index contributed by atoms with van der Waals surface area (Å²) in [4.78, 5) is 15.2. The van der Waals surface area contributed by atoms with Gasteiger partial charge in [-0.1, -0.05) is 6.07 Å². The van der Waals surface area contributed by atoms with Crippen LogP contribution in [0.25, 0.3) is 0 Å². The van der Waals surface area contributed by atoms with Gasteiger partial charge in [0.25, 0.3) is 0 Å². The summed E-state index contributed by atoms with van der Waals surface area (Å²) in [5, 5.41) is 9.02. The number of methoxy groups -OCH3 is 1. The number of rotatable bonds is 6. The van der Waals surface area contributed by atoms with Gasteiger partial charge in [0.15, 0.2) is 6.29 Å². The Labute approximate surface area is 116 Å². The molecule has 0 saturated heterocycles. The highest BCUT2D eigenvalue weighted by Gasteiger charge is 2.06. The van der Waals surface area contributed by atoms with Crippen LogP contribution in [0.2, 0.25) is 0 Å². The second-order valence-electron chi connectivity index (χ2n) is 4.09. The molecule has 1 N–H and O–H groups in total. The smallest absolute Gasteiger partial charge is 0.153 e. The standard InChI is InChI=1S/C15H15NO4/c1-19-14-5-6-15(11(7-14)8-17)20-10-13-4-2-3-12(9-18)16-13/h2-8,18H,9-10H2,1H3. The molecule has 0 aliphatic carbocycles. The number of pyridine rings is 1. The van der Waals surface area contributed by atoms with Crippen molar-refractivity contribution in [2.24, 2.45) is 0 Å². The van der Waals surface area contributed by atoms with Crippen LogP contribution >= 0.6 is 0 Å². The predicted molar refractivity (Wildman–Crippen MR) is 72.9 cm³/mol. The third kappa shape index (κ3) is 3.33. The van der Waals surface area contributed by atoms with Crippen LogP contribution in [0.3, 0.4) is 0 Å². The molecule has 20 heavy (non-hydrogen) atoms. The summed E-state index contributed by atoms with van der Waals surface area (Å²) in [7, 11) is 1.54. The summed E-state index contributed by atoms with van der Waals surface area (Å²) in [5.74, 6) is 1.07. The summed E-state index contributed by atoms with van der Waals surface area (Å²) in [6.07, 6.45) is 0.718. The molecule has 0 aliphatic rings. The Hall–Kier alpha value is -2.40. The number of hydrogen-bond donors (Lipinski definition) is 1. The maximum Gasteiger partial charge on any atom is 0.153 e. The number of carbonyl (C=O) groups is 1. The highest BCUT2D eigenvalue weighted by atomic mass is 16.5. The van der Waals surface area contributed by atoms with Gasteiger partial charge in [-0.05, 0) is 30.3 Å². The number of aromatic nitrogens is 1. The summed E-state index contributed by atoms with van der Waals surface area (Å²) >= 11 is 0. The lowest BCUT2D eigenvalue weighted by Gasteiger charge is -2.10. The second-order valence-corrected chi connectivity index (χ2v) is 4.09. The molecule has 2 aromatic rings. The minimum atomic E-state index is -0.115. The minimum absolute atomic E-state index is 0.115. The maximum absolute atomic E-state index is 11.0. The first-order valence-electron chi connectivity index (χ1n) is 6.08. The van der Waals surface area contributed by atoms with Gasteiger partial charge in [-0.2, -0.15) is 0 Å².